The van der Waals surface area contributed by atoms with Gasteiger partial charge >= 0.3 is 5.97 Å². The molecule has 0 heterocycles. The molecule has 0 aliphatic carbocycles. The number of unbranched alkanes of at least 4 members (excludes halogenated alkanes) is 35. The van der Waals surface area contributed by atoms with Gasteiger partial charge in [0.05, 0.1) is 25.4 Å². The van der Waals surface area contributed by atoms with Crippen molar-refractivity contribution < 1.29 is 24.5 Å². The highest BCUT2D eigenvalue weighted by molar-refractivity contribution is 5.76. The van der Waals surface area contributed by atoms with Crippen LogP contribution in [0.15, 0.2) is 36.5 Å². The zero-order valence-corrected chi connectivity index (χ0v) is 42.8. The van der Waals surface area contributed by atoms with Gasteiger partial charge in [0.2, 0.25) is 5.91 Å². The van der Waals surface area contributed by atoms with Gasteiger partial charge in [-0.15, -0.1) is 0 Å². The molecule has 0 radical (unpaired) electrons. The van der Waals surface area contributed by atoms with Crippen LogP contribution in [0.2, 0.25) is 0 Å². The van der Waals surface area contributed by atoms with Gasteiger partial charge < -0.3 is 20.3 Å². The van der Waals surface area contributed by atoms with Crippen LogP contribution >= 0.6 is 0 Å². The number of hydrogen-bond acceptors (Lipinski definition) is 5. The normalized spacial score (nSPS) is 12.9. The van der Waals surface area contributed by atoms with E-state index in [2.05, 4.69) is 55.6 Å². The van der Waals surface area contributed by atoms with E-state index in [1.807, 2.05) is 0 Å². The molecule has 6 heteroatoms. The molecule has 3 N–H and O–H groups in total. The van der Waals surface area contributed by atoms with E-state index in [1.54, 1.807) is 0 Å². The van der Waals surface area contributed by atoms with Crippen LogP contribution < -0.4 is 5.32 Å². The van der Waals surface area contributed by atoms with E-state index in [1.165, 1.54) is 212 Å². The fourth-order valence-electron chi connectivity index (χ4n) is 8.53. The predicted octanol–water partition coefficient (Wildman–Crippen LogP) is 17.2. The molecule has 6 nitrogen and oxygen atoms in total. The van der Waals surface area contributed by atoms with Crippen molar-refractivity contribution in [2.24, 2.45) is 0 Å². The number of nitrogens with one attached hydrogen (secondary N) is 1. The summed E-state index contributed by atoms with van der Waals surface area (Å²) in [6.07, 6.45) is 65.7. The molecule has 0 spiro atoms. The van der Waals surface area contributed by atoms with Crippen molar-refractivity contribution in [3.05, 3.63) is 36.5 Å². The zero-order chi connectivity index (χ0) is 46.5. The molecule has 2 unspecified atom stereocenters. The summed E-state index contributed by atoms with van der Waals surface area (Å²) in [6.45, 7) is 4.89. The van der Waals surface area contributed by atoms with Crippen LogP contribution in [0.1, 0.15) is 296 Å². The second kappa shape index (κ2) is 53.7. The van der Waals surface area contributed by atoms with Gasteiger partial charge in [-0.2, -0.15) is 0 Å². The number of ether oxygens (including phenoxy) is 1. The first-order valence-electron chi connectivity index (χ1n) is 28.2. The number of aliphatic hydroxyl groups is 2. The minimum absolute atomic E-state index is 0.00359. The van der Waals surface area contributed by atoms with Crippen LogP contribution in [0.25, 0.3) is 0 Å². The maximum Gasteiger partial charge on any atom is 0.305 e. The van der Waals surface area contributed by atoms with Gasteiger partial charge in [0, 0.05) is 12.8 Å². The lowest BCUT2D eigenvalue weighted by atomic mass is 10.0. The Kier molecular flexibility index (Phi) is 52.1. The molecule has 376 valence electrons. The predicted molar refractivity (Wildman–Crippen MR) is 278 cm³/mol. The standard InChI is InChI=1S/C58H109NO5/c1-3-5-7-9-11-13-15-16-29-32-36-40-44-48-52-58(63)64-53-49-45-41-37-33-30-27-25-23-21-19-17-18-20-22-24-26-28-31-35-39-43-47-51-57(62)59-55(54-60)56(61)50-46-42-38-34-14-12-10-8-6-4-2/h9,11,15-16,20,22,55-56,60-61H,3-8,10,12-14,17-19,21,23-54H2,1-2H3,(H,59,62)/b11-9-,16-15-,22-20-. The molecule has 0 aliphatic rings. The Labute approximate surface area is 398 Å². The summed E-state index contributed by atoms with van der Waals surface area (Å²) >= 11 is 0. The summed E-state index contributed by atoms with van der Waals surface area (Å²) in [5, 5.41) is 23.1. The Balaban J connectivity index is 3.40. The van der Waals surface area contributed by atoms with E-state index in [9.17, 15) is 19.8 Å². The van der Waals surface area contributed by atoms with Crippen LogP contribution in [0.4, 0.5) is 0 Å². The second-order valence-electron chi connectivity index (χ2n) is 19.3. The molecule has 0 saturated heterocycles. The summed E-state index contributed by atoms with van der Waals surface area (Å²) in [7, 11) is 0. The van der Waals surface area contributed by atoms with Gasteiger partial charge in [-0.05, 0) is 77.0 Å². The molecule has 0 saturated carbocycles. The number of hydrogen-bond donors (Lipinski definition) is 3. The molecule has 0 rings (SSSR count). The fourth-order valence-corrected chi connectivity index (χ4v) is 8.53. The SMILES string of the molecule is CCCC/C=C\C/C=C\CCCCCCCC(=O)OCCCCCCCCCCCCCC/C=C\CCCCCCCCCC(=O)NC(CO)C(O)CCCCCCCCCCCC. The van der Waals surface area contributed by atoms with E-state index in [-0.39, 0.29) is 18.5 Å². The van der Waals surface area contributed by atoms with E-state index in [0.717, 1.165) is 51.4 Å². The number of amides is 1. The highest BCUT2D eigenvalue weighted by Crippen LogP contribution is 2.16. The van der Waals surface area contributed by atoms with Crippen LogP contribution in [0.5, 0.6) is 0 Å². The monoisotopic (exact) mass is 900 g/mol. The molecule has 0 bridgehead atoms. The fraction of sp³-hybridized carbons (Fsp3) is 0.862. The maximum atomic E-state index is 12.4. The van der Waals surface area contributed by atoms with Crippen LogP contribution in [0, 0.1) is 0 Å². The Morgan fingerprint density at radius 3 is 1.25 bits per heavy atom. The minimum atomic E-state index is -0.666. The van der Waals surface area contributed by atoms with Crippen molar-refractivity contribution in [3.8, 4) is 0 Å². The van der Waals surface area contributed by atoms with Gasteiger partial charge in [-0.1, -0.05) is 243 Å². The molecule has 0 fully saturated rings. The van der Waals surface area contributed by atoms with Crippen molar-refractivity contribution >= 4 is 11.9 Å². The lowest BCUT2D eigenvalue weighted by Gasteiger charge is -2.22. The van der Waals surface area contributed by atoms with E-state index >= 15 is 0 Å². The first-order valence-corrected chi connectivity index (χ1v) is 28.2. The van der Waals surface area contributed by atoms with Crippen LogP contribution in [0.3, 0.4) is 0 Å². The number of carbonyl (C=O) groups is 2. The van der Waals surface area contributed by atoms with Crippen LogP contribution in [-0.4, -0.2) is 47.4 Å². The van der Waals surface area contributed by atoms with Gasteiger partial charge in [-0.25, -0.2) is 0 Å². The summed E-state index contributed by atoms with van der Waals surface area (Å²) in [5.74, 6) is -0.0469. The average Bonchev–Trinajstić information content (AvgIpc) is 3.29. The van der Waals surface area contributed by atoms with Crippen molar-refractivity contribution in [3.63, 3.8) is 0 Å². The second-order valence-corrected chi connectivity index (χ2v) is 19.3. The molecule has 0 aromatic rings. The summed E-state index contributed by atoms with van der Waals surface area (Å²) in [5.41, 5.74) is 0. The molecule has 64 heavy (non-hydrogen) atoms. The molecule has 1 amide bonds. The molecular formula is C58H109NO5. The topological polar surface area (TPSA) is 95.9 Å². The van der Waals surface area contributed by atoms with Gasteiger partial charge in [0.1, 0.15) is 0 Å². The Morgan fingerprint density at radius 1 is 0.438 bits per heavy atom. The van der Waals surface area contributed by atoms with Crippen molar-refractivity contribution in [1.29, 1.82) is 0 Å². The first-order chi connectivity index (χ1) is 31.5. The van der Waals surface area contributed by atoms with E-state index in [4.69, 9.17) is 4.74 Å². The number of aliphatic hydroxyl groups excluding tert-OH is 2. The molecule has 0 aromatic heterocycles. The largest absolute Gasteiger partial charge is 0.466 e. The zero-order valence-electron chi connectivity index (χ0n) is 42.8. The summed E-state index contributed by atoms with van der Waals surface area (Å²) < 4.78 is 5.47. The number of allylic oxidation sites excluding steroid dienone is 6. The van der Waals surface area contributed by atoms with Crippen molar-refractivity contribution in [2.75, 3.05) is 13.2 Å². The quantitative estimate of drug-likeness (QED) is 0.0321. The van der Waals surface area contributed by atoms with Crippen molar-refractivity contribution in [2.45, 2.75) is 309 Å². The number of esters is 1. The Hall–Kier alpha value is -1.92. The maximum absolute atomic E-state index is 12.4. The molecule has 2 atom stereocenters. The third-order valence-electron chi connectivity index (χ3n) is 12.9. The molecule has 0 aliphatic heterocycles. The van der Waals surface area contributed by atoms with Gasteiger partial charge in [-0.3, -0.25) is 9.59 Å². The highest BCUT2D eigenvalue weighted by atomic mass is 16.5. The lowest BCUT2D eigenvalue weighted by Crippen LogP contribution is -2.45. The number of carbonyl (C=O) groups excluding carboxylic acids is 2. The Morgan fingerprint density at radius 2 is 0.797 bits per heavy atom. The summed E-state index contributed by atoms with van der Waals surface area (Å²) in [6, 6.07) is -0.544. The molecular weight excluding hydrogens is 791 g/mol. The van der Waals surface area contributed by atoms with Gasteiger partial charge in [0.25, 0.3) is 0 Å². The van der Waals surface area contributed by atoms with E-state index < -0.39 is 12.1 Å². The molecule has 0 aromatic carbocycles. The lowest BCUT2D eigenvalue weighted by molar-refractivity contribution is -0.143. The van der Waals surface area contributed by atoms with Gasteiger partial charge in [0.15, 0.2) is 0 Å². The van der Waals surface area contributed by atoms with Crippen molar-refractivity contribution in [1.82, 2.24) is 5.32 Å². The highest BCUT2D eigenvalue weighted by Gasteiger charge is 2.20. The average molecular weight is 901 g/mol. The number of rotatable bonds is 52. The third-order valence-corrected chi connectivity index (χ3v) is 12.9. The summed E-state index contributed by atoms with van der Waals surface area (Å²) in [4.78, 5) is 24.4. The Bertz CT molecular complexity index is 1040. The first kappa shape index (κ1) is 62.1. The van der Waals surface area contributed by atoms with E-state index in [0.29, 0.717) is 25.9 Å². The smallest absolute Gasteiger partial charge is 0.305 e. The third kappa shape index (κ3) is 49.5. The van der Waals surface area contributed by atoms with Crippen LogP contribution in [-0.2, 0) is 14.3 Å². The minimum Gasteiger partial charge on any atom is -0.466 e.